The number of hydrogen-bond donors (Lipinski definition) is 1. The Morgan fingerprint density at radius 3 is 2.17 bits per heavy atom. The van der Waals surface area contributed by atoms with Gasteiger partial charge in [-0.2, -0.15) is 0 Å². The lowest BCUT2D eigenvalue weighted by Gasteiger charge is -2.42. The molecule has 1 aromatic carbocycles. The Morgan fingerprint density at radius 2 is 1.78 bits per heavy atom. The van der Waals surface area contributed by atoms with Crippen LogP contribution in [0.1, 0.15) is 25.7 Å². The summed E-state index contributed by atoms with van der Waals surface area (Å²) >= 11 is 0. The lowest BCUT2D eigenvalue weighted by Crippen LogP contribution is -2.44. The Hall–Kier alpha value is -1.42. The maximum atomic E-state index is 6.19. The van der Waals surface area contributed by atoms with E-state index < -0.39 is 0 Å². The highest BCUT2D eigenvalue weighted by Gasteiger charge is 2.39. The van der Waals surface area contributed by atoms with Crippen molar-refractivity contribution in [2.45, 2.75) is 31.3 Å². The molecule has 0 heterocycles. The summed E-state index contributed by atoms with van der Waals surface area (Å²) in [5.41, 5.74) is 5.55. The summed E-state index contributed by atoms with van der Waals surface area (Å²) in [5.74, 6) is 2.10. The third-order valence-corrected chi connectivity index (χ3v) is 3.57. The molecule has 1 aromatic rings. The molecule has 0 radical (unpaired) electrons. The molecular weight excluding hydrogens is 230 g/mol. The first-order valence-electron chi connectivity index (χ1n) is 6.35. The van der Waals surface area contributed by atoms with E-state index in [0.29, 0.717) is 23.8 Å². The van der Waals surface area contributed by atoms with Gasteiger partial charge in [-0.3, -0.25) is 0 Å². The van der Waals surface area contributed by atoms with Crippen LogP contribution in [0.25, 0.3) is 0 Å². The van der Waals surface area contributed by atoms with Gasteiger partial charge in [-0.1, -0.05) is 6.07 Å². The number of hydrogen-bond acceptors (Lipinski definition) is 4. The standard InChI is InChI=1S/C14H21NO3/c1-16-11-5-3-6-12(17-2)13(11)18-14(9-10-15)7-4-8-14/h3,5-6H,4,7-10,15H2,1-2H3. The van der Waals surface area contributed by atoms with Gasteiger partial charge in [-0.25, -0.2) is 0 Å². The van der Waals surface area contributed by atoms with Crippen LogP contribution in [0.15, 0.2) is 18.2 Å². The number of methoxy groups -OCH3 is 2. The molecule has 0 atom stereocenters. The molecule has 1 saturated carbocycles. The van der Waals surface area contributed by atoms with Crippen LogP contribution >= 0.6 is 0 Å². The van der Waals surface area contributed by atoms with Gasteiger partial charge in [0.05, 0.1) is 14.2 Å². The number of nitrogens with two attached hydrogens (primary N) is 1. The van der Waals surface area contributed by atoms with Gasteiger partial charge in [-0.15, -0.1) is 0 Å². The second kappa shape index (κ2) is 5.48. The van der Waals surface area contributed by atoms with Gasteiger partial charge in [0.2, 0.25) is 5.75 Å². The Labute approximate surface area is 108 Å². The Bertz CT molecular complexity index is 380. The van der Waals surface area contributed by atoms with Crippen molar-refractivity contribution in [1.82, 2.24) is 0 Å². The van der Waals surface area contributed by atoms with Gasteiger partial charge in [0.1, 0.15) is 5.60 Å². The molecule has 0 bridgehead atoms. The Balaban J connectivity index is 2.26. The van der Waals surface area contributed by atoms with E-state index in [1.807, 2.05) is 18.2 Å². The summed E-state index contributed by atoms with van der Waals surface area (Å²) in [7, 11) is 3.27. The lowest BCUT2D eigenvalue weighted by atomic mass is 9.77. The molecule has 4 nitrogen and oxygen atoms in total. The molecule has 0 spiro atoms. The van der Waals surface area contributed by atoms with Crippen LogP contribution in [0.2, 0.25) is 0 Å². The molecule has 1 aliphatic carbocycles. The van der Waals surface area contributed by atoms with Crippen LogP contribution in [0, 0.1) is 0 Å². The van der Waals surface area contributed by atoms with Crippen molar-refractivity contribution >= 4 is 0 Å². The zero-order valence-electron chi connectivity index (χ0n) is 11.1. The minimum atomic E-state index is -0.128. The lowest BCUT2D eigenvalue weighted by molar-refractivity contribution is -0.0161. The van der Waals surface area contributed by atoms with Crippen molar-refractivity contribution in [3.8, 4) is 17.2 Å². The van der Waals surface area contributed by atoms with Crippen LogP contribution < -0.4 is 19.9 Å². The summed E-state index contributed by atoms with van der Waals surface area (Å²) in [6.45, 7) is 0.636. The van der Waals surface area contributed by atoms with Gasteiger partial charge in [-0.05, 0) is 44.4 Å². The van der Waals surface area contributed by atoms with Crippen LogP contribution in [0.4, 0.5) is 0 Å². The van der Waals surface area contributed by atoms with E-state index in [2.05, 4.69) is 0 Å². The first kappa shape index (κ1) is 13.0. The summed E-state index contributed by atoms with van der Waals surface area (Å²) < 4.78 is 16.9. The van der Waals surface area contributed by atoms with E-state index in [0.717, 1.165) is 19.3 Å². The van der Waals surface area contributed by atoms with Crippen LogP contribution in [0.3, 0.4) is 0 Å². The molecule has 18 heavy (non-hydrogen) atoms. The first-order valence-corrected chi connectivity index (χ1v) is 6.35. The third-order valence-electron chi connectivity index (χ3n) is 3.57. The number of rotatable bonds is 6. The third kappa shape index (κ3) is 2.38. The fourth-order valence-electron chi connectivity index (χ4n) is 2.37. The number of ether oxygens (including phenoxy) is 3. The summed E-state index contributed by atoms with van der Waals surface area (Å²) in [5, 5.41) is 0. The maximum absolute atomic E-state index is 6.19. The molecule has 2 rings (SSSR count). The molecular formula is C14H21NO3. The van der Waals surface area contributed by atoms with E-state index in [1.165, 1.54) is 6.42 Å². The monoisotopic (exact) mass is 251 g/mol. The van der Waals surface area contributed by atoms with E-state index in [-0.39, 0.29) is 5.60 Å². The van der Waals surface area contributed by atoms with E-state index in [1.54, 1.807) is 14.2 Å². The molecule has 0 unspecified atom stereocenters. The smallest absolute Gasteiger partial charge is 0.204 e. The molecule has 4 heteroatoms. The quantitative estimate of drug-likeness (QED) is 0.843. The topological polar surface area (TPSA) is 53.7 Å². The van der Waals surface area contributed by atoms with E-state index in [9.17, 15) is 0 Å². The van der Waals surface area contributed by atoms with E-state index in [4.69, 9.17) is 19.9 Å². The Kier molecular flexibility index (Phi) is 3.97. The second-order valence-corrected chi connectivity index (χ2v) is 4.67. The summed E-state index contributed by atoms with van der Waals surface area (Å²) in [4.78, 5) is 0. The maximum Gasteiger partial charge on any atom is 0.204 e. The number of benzene rings is 1. The zero-order chi connectivity index (χ0) is 13.0. The molecule has 0 saturated heterocycles. The van der Waals surface area contributed by atoms with Crippen LogP contribution in [0.5, 0.6) is 17.2 Å². The predicted molar refractivity (Wildman–Crippen MR) is 70.4 cm³/mol. The Morgan fingerprint density at radius 1 is 1.17 bits per heavy atom. The van der Waals surface area contributed by atoms with Crippen molar-refractivity contribution in [2.24, 2.45) is 5.73 Å². The molecule has 1 aliphatic rings. The van der Waals surface area contributed by atoms with Crippen molar-refractivity contribution in [3.05, 3.63) is 18.2 Å². The van der Waals surface area contributed by atoms with Gasteiger partial charge in [0.25, 0.3) is 0 Å². The highest BCUT2D eigenvalue weighted by atomic mass is 16.6. The van der Waals surface area contributed by atoms with Crippen molar-refractivity contribution in [2.75, 3.05) is 20.8 Å². The van der Waals surface area contributed by atoms with Gasteiger partial charge >= 0.3 is 0 Å². The predicted octanol–water partition coefficient (Wildman–Crippen LogP) is 2.35. The van der Waals surface area contributed by atoms with Gasteiger partial charge in [0.15, 0.2) is 11.5 Å². The van der Waals surface area contributed by atoms with Crippen molar-refractivity contribution < 1.29 is 14.2 Å². The minimum Gasteiger partial charge on any atom is -0.493 e. The highest BCUT2D eigenvalue weighted by molar-refractivity contribution is 5.51. The number of para-hydroxylation sites is 1. The van der Waals surface area contributed by atoms with Crippen LogP contribution in [-0.2, 0) is 0 Å². The average molecular weight is 251 g/mol. The van der Waals surface area contributed by atoms with Gasteiger partial charge < -0.3 is 19.9 Å². The zero-order valence-corrected chi connectivity index (χ0v) is 11.1. The summed E-state index contributed by atoms with van der Waals surface area (Å²) in [6, 6.07) is 5.65. The molecule has 0 amide bonds. The fourth-order valence-corrected chi connectivity index (χ4v) is 2.37. The minimum absolute atomic E-state index is 0.128. The second-order valence-electron chi connectivity index (χ2n) is 4.67. The molecule has 0 aromatic heterocycles. The molecule has 0 aliphatic heterocycles. The first-order chi connectivity index (χ1) is 8.74. The highest BCUT2D eigenvalue weighted by Crippen LogP contribution is 2.45. The van der Waals surface area contributed by atoms with Crippen LogP contribution in [-0.4, -0.2) is 26.4 Å². The fraction of sp³-hybridized carbons (Fsp3) is 0.571. The normalized spacial score (nSPS) is 16.8. The molecule has 100 valence electrons. The SMILES string of the molecule is COc1cccc(OC)c1OC1(CCN)CCC1. The molecule has 2 N–H and O–H groups in total. The van der Waals surface area contributed by atoms with E-state index >= 15 is 0 Å². The molecule has 1 fully saturated rings. The summed E-state index contributed by atoms with van der Waals surface area (Å²) in [6.07, 6.45) is 4.16. The average Bonchev–Trinajstić information content (AvgIpc) is 2.36. The van der Waals surface area contributed by atoms with Gasteiger partial charge in [0, 0.05) is 0 Å². The van der Waals surface area contributed by atoms with Crippen molar-refractivity contribution in [3.63, 3.8) is 0 Å². The largest absolute Gasteiger partial charge is 0.493 e. The van der Waals surface area contributed by atoms with Crippen molar-refractivity contribution in [1.29, 1.82) is 0 Å².